The van der Waals surface area contributed by atoms with Gasteiger partial charge in [-0.25, -0.2) is 4.79 Å². The lowest BCUT2D eigenvalue weighted by Crippen LogP contribution is -2.12. The molecule has 7 nitrogen and oxygen atoms in total. The van der Waals surface area contributed by atoms with Crippen molar-refractivity contribution in [3.63, 3.8) is 0 Å². The fourth-order valence-electron chi connectivity index (χ4n) is 1.56. The first-order chi connectivity index (χ1) is 9.41. The Morgan fingerprint density at radius 2 is 2.20 bits per heavy atom. The molecule has 0 aliphatic rings. The molecular weight excluding hydrogens is 264 g/mol. The smallest absolute Gasteiger partial charge is 0.342 e. The predicted molar refractivity (Wildman–Crippen MR) is 74.2 cm³/mol. The number of nitro benzene ring substituents is 1. The minimum Gasteiger partial charge on any atom is -0.477 e. The van der Waals surface area contributed by atoms with Crippen molar-refractivity contribution < 1.29 is 19.6 Å². The van der Waals surface area contributed by atoms with Crippen molar-refractivity contribution in [1.29, 1.82) is 0 Å². The number of anilines is 1. The Kier molecular flexibility index (Phi) is 5.92. The molecule has 0 bridgehead atoms. The summed E-state index contributed by atoms with van der Waals surface area (Å²) in [7, 11) is 0. The molecule has 0 spiro atoms. The van der Waals surface area contributed by atoms with E-state index in [9.17, 15) is 14.9 Å². The third-order valence-corrected chi connectivity index (χ3v) is 2.45. The van der Waals surface area contributed by atoms with E-state index in [1.807, 2.05) is 13.8 Å². The first-order valence-corrected chi connectivity index (χ1v) is 6.25. The van der Waals surface area contributed by atoms with Crippen LogP contribution in [-0.2, 0) is 4.74 Å². The van der Waals surface area contributed by atoms with Crippen LogP contribution in [0.2, 0.25) is 0 Å². The summed E-state index contributed by atoms with van der Waals surface area (Å²) in [6.07, 6.45) is 0. The first kappa shape index (κ1) is 15.9. The molecule has 0 atom stereocenters. The van der Waals surface area contributed by atoms with Crippen LogP contribution in [0.5, 0.6) is 0 Å². The minimum atomic E-state index is -1.32. The molecule has 1 aromatic carbocycles. The average molecular weight is 282 g/mol. The van der Waals surface area contributed by atoms with Crippen molar-refractivity contribution >= 4 is 17.3 Å². The lowest BCUT2D eigenvalue weighted by Gasteiger charge is -2.09. The van der Waals surface area contributed by atoms with E-state index < -0.39 is 16.6 Å². The zero-order valence-electron chi connectivity index (χ0n) is 11.5. The zero-order chi connectivity index (χ0) is 15.1. The number of benzene rings is 1. The van der Waals surface area contributed by atoms with Crippen LogP contribution in [0.25, 0.3) is 0 Å². The van der Waals surface area contributed by atoms with Crippen LogP contribution in [0.4, 0.5) is 11.4 Å². The fraction of sp³-hybridized carbons (Fsp3) is 0.462. The maximum Gasteiger partial charge on any atom is 0.342 e. The number of nitrogens with zero attached hydrogens (tertiary/aromatic N) is 1. The maximum absolute atomic E-state index is 10.9. The number of rotatable bonds is 8. The summed E-state index contributed by atoms with van der Waals surface area (Å²) in [6.45, 7) is 5.71. The number of ether oxygens (including phenoxy) is 1. The molecule has 0 unspecified atom stereocenters. The van der Waals surface area contributed by atoms with Crippen LogP contribution in [0, 0.1) is 16.0 Å². The van der Waals surface area contributed by atoms with Crippen LogP contribution in [0.1, 0.15) is 24.2 Å². The number of hydrogen-bond donors (Lipinski definition) is 2. The van der Waals surface area contributed by atoms with Crippen molar-refractivity contribution in [2.75, 3.05) is 25.1 Å². The molecule has 0 fully saturated rings. The number of nitro groups is 1. The van der Waals surface area contributed by atoms with Gasteiger partial charge in [0, 0.05) is 24.9 Å². The summed E-state index contributed by atoms with van der Waals surface area (Å²) in [5.74, 6) is -0.866. The molecular formula is C13H18N2O5. The van der Waals surface area contributed by atoms with Crippen LogP contribution in [-0.4, -0.2) is 35.8 Å². The van der Waals surface area contributed by atoms with Crippen molar-refractivity contribution in [3.05, 3.63) is 33.9 Å². The molecule has 0 saturated heterocycles. The Morgan fingerprint density at radius 1 is 1.50 bits per heavy atom. The summed E-state index contributed by atoms with van der Waals surface area (Å²) in [5, 5.41) is 22.6. The van der Waals surface area contributed by atoms with Crippen LogP contribution >= 0.6 is 0 Å². The lowest BCUT2D eigenvalue weighted by molar-refractivity contribution is -0.385. The Bertz CT molecular complexity index is 488. The fourth-order valence-corrected chi connectivity index (χ4v) is 1.56. The van der Waals surface area contributed by atoms with Gasteiger partial charge in [-0.05, 0) is 18.1 Å². The van der Waals surface area contributed by atoms with Gasteiger partial charge in [0.1, 0.15) is 5.56 Å². The van der Waals surface area contributed by atoms with Gasteiger partial charge in [-0.15, -0.1) is 0 Å². The summed E-state index contributed by atoms with van der Waals surface area (Å²) in [4.78, 5) is 21.0. The SMILES string of the molecule is CC(C)COCCNc1ccc(C(=O)O)c([N+](=O)[O-])c1. The molecule has 110 valence electrons. The molecule has 0 heterocycles. The number of carbonyl (C=O) groups is 1. The van der Waals surface area contributed by atoms with E-state index in [2.05, 4.69) is 5.32 Å². The summed E-state index contributed by atoms with van der Waals surface area (Å²) < 4.78 is 5.37. The highest BCUT2D eigenvalue weighted by Gasteiger charge is 2.19. The Labute approximate surface area is 116 Å². The molecule has 0 aromatic heterocycles. The number of aromatic carboxylic acids is 1. The molecule has 20 heavy (non-hydrogen) atoms. The first-order valence-electron chi connectivity index (χ1n) is 6.25. The molecule has 1 rings (SSSR count). The highest BCUT2D eigenvalue weighted by Crippen LogP contribution is 2.23. The molecule has 0 saturated carbocycles. The topological polar surface area (TPSA) is 102 Å². The largest absolute Gasteiger partial charge is 0.477 e. The number of carboxylic acids is 1. The molecule has 7 heteroatoms. The Hall–Kier alpha value is -2.15. The average Bonchev–Trinajstić information content (AvgIpc) is 2.37. The van der Waals surface area contributed by atoms with E-state index in [0.717, 1.165) is 0 Å². The van der Waals surface area contributed by atoms with Gasteiger partial charge in [-0.3, -0.25) is 10.1 Å². The number of hydrogen-bond acceptors (Lipinski definition) is 5. The number of nitrogens with one attached hydrogen (secondary N) is 1. The molecule has 0 amide bonds. The van der Waals surface area contributed by atoms with E-state index in [0.29, 0.717) is 31.4 Å². The van der Waals surface area contributed by atoms with E-state index in [1.54, 1.807) is 0 Å². The monoisotopic (exact) mass is 282 g/mol. The molecule has 0 aliphatic heterocycles. The van der Waals surface area contributed by atoms with Gasteiger partial charge in [0.25, 0.3) is 5.69 Å². The van der Waals surface area contributed by atoms with Crippen molar-refractivity contribution in [1.82, 2.24) is 0 Å². The summed E-state index contributed by atoms with van der Waals surface area (Å²) >= 11 is 0. The van der Waals surface area contributed by atoms with Gasteiger partial charge >= 0.3 is 5.97 Å². The zero-order valence-corrected chi connectivity index (χ0v) is 11.5. The van der Waals surface area contributed by atoms with Crippen molar-refractivity contribution in [3.8, 4) is 0 Å². The second-order valence-corrected chi connectivity index (χ2v) is 4.69. The quantitative estimate of drug-likeness (QED) is 0.431. The maximum atomic E-state index is 10.9. The van der Waals surface area contributed by atoms with Gasteiger partial charge in [0.05, 0.1) is 11.5 Å². The second-order valence-electron chi connectivity index (χ2n) is 4.69. The molecule has 1 aromatic rings. The van der Waals surface area contributed by atoms with E-state index >= 15 is 0 Å². The van der Waals surface area contributed by atoms with E-state index in [4.69, 9.17) is 9.84 Å². The van der Waals surface area contributed by atoms with Crippen LogP contribution in [0.15, 0.2) is 18.2 Å². The van der Waals surface area contributed by atoms with Gasteiger partial charge < -0.3 is 15.2 Å². The van der Waals surface area contributed by atoms with Gasteiger partial charge in [0.15, 0.2) is 0 Å². The third kappa shape index (κ3) is 4.85. The number of carboxylic acid groups (broad SMARTS) is 1. The Morgan fingerprint density at radius 3 is 2.75 bits per heavy atom. The highest BCUT2D eigenvalue weighted by atomic mass is 16.6. The Balaban J connectivity index is 2.61. The molecule has 0 radical (unpaired) electrons. The molecule has 0 aliphatic carbocycles. The van der Waals surface area contributed by atoms with Crippen molar-refractivity contribution in [2.45, 2.75) is 13.8 Å². The van der Waals surface area contributed by atoms with E-state index in [1.165, 1.54) is 18.2 Å². The van der Waals surface area contributed by atoms with Gasteiger partial charge in [-0.2, -0.15) is 0 Å². The normalized spacial score (nSPS) is 10.6. The highest BCUT2D eigenvalue weighted by molar-refractivity contribution is 5.93. The van der Waals surface area contributed by atoms with Gasteiger partial charge in [-0.1, -0.05) is 13.8 Å². The van der Waals surface area contributed by atoms with Crippen molar-refractivity contribution in [2.24, 2.45) is 5.92 Å². The van der Waals surface area contributed by atoms with Crippen LogP contribution < -0.4 is 5.32 Å². The lowest BCUT2D eigenvalue weighted by atomic mass is 10.1. The predicted octanol–water partition coefficient (Wildman–Crippen LogP) is 2.38. The van der Waals surface area contributed by atoms with Crippen LogP contribution in [0.3, 0.4) is 0 Å². The molecule has 2 N–H and O–H groups in total. The minimum absolute atomic E-state index is 0.323. The summed E-state index contributed by atoms with van der Waals surface area (Å²) in [6, 6.07) is 3.93. The van der Waals surface area contributed by atoms with Gasteiger partial charge in [0.2, 0.25) is 0 Å². The van der Waals surface area contributed by atoms with E-state index in [-0.39, 0.29) is 5.56 Å². The third-order valence-electron chi connectivity index (χ3n) is 2.45. The second kappa shape index (κ2) is 7.44. The summed E-state index contributed by atoms with van der Waals surface area (Å²) in [5.41, 5.74) is -0.253. The standard InChI is InChI=1S/C13H18N2O5/c1-9(2)8-20-6-5-14-10-3-4-11(13(16)17)12(7-10)15(18)19/h3-4,7,9,14H,5-6,8H2,1-2H3,(H,16,17).